The van der Waals surface area contributed by atoms with Crippen molar-refractivity contribution in [1.29, 1.82) is 0 Å². The van der Waals surface area contributed by atoms with Crippen LogP contribution in [-0.4, -0.2) is 47.4 Å². The molecular formula is C15H18N4O4S. The van der Waals surface area contributed by atoms with E-state index in [0.717, 1.165) is 15.4 Å². The first-order chi connectivity index (χ1) is 11.2. The number of carbonyl (C=O) groups excluding carboxylic acids is 1. The summed E-state index contributed by atoms with van der Waals surface area (Å²) in [6.45, 7) is 0.695. The molecule has 128 valence electrons. The van der Waals surface area contributed by atoms with Gasteiger partial charge in [-0.05, 0) is 23.3 Å². The fourth-order valence-corrected chi connectivity index (χ4v) is 3.68. The van der Waals surface area contributed by atoms with E-state index in [0.29, 0.717) is 13.1 Å². The summed E-state index contributed by atoms with van der Waals surface area (Å²) in [5, 5.41) is 2.50. The number of rotatable bonds is 3. The normalized spacial score (nSPS) is 14.2. The number of nitrogens with one attached hydrogen (secondary N) is 1. The van der Waals surface area contributed by atoms with Crippen LogP contribution in [0.15, 0.2) is 34.0 Å². The van der Waals surface area contributed by atoms with E-state index >= 15 is 0 Å². The van der Waals surface area contributed by atoms with Crippen molar-refractivity contribution in [2.24, 2.45) is 7.05 Å². The number of aromatic amines is 1. The molecule has 0 fully saturated rings. The second kappa shape index (κ2) is 5.60. The Morgan fingerprint density at radius 2 is 1.83 bits per heavy atom. The number of aromatic nitrogens is 2. The van der Waals surface area contributed by atoms with Crippen LogP contribution in [-0.2, 0) is 30.2 Å². The SMILES string of the molecule is CN(C)S(=O)(=O)c1ccc2c(c1)CN(C(=O)c1cc(=O)[nH]n1C)C2. The van der Waals surface area contributed by atoms with Gasteiger partial charge in [-0.25, -0.2) is 12.7 Å². The van der Waals surface area contributed by atoms with Crippen molar-refractivity contribution < 1.29 is 13.2 Å². The van der Waals surface area contributed by atoms with Gasteiger partial charge in [0.2, 0.25) is 10.0 Å². The highest BCUT2D eigenvalue weighted by atomic mass is 32.2. The molecule has 9 heteroatoms. The van der Waals surface area contributed by atoms with Crippen molar-refractivity contribution in [1.82, 2.24) is 19.0 Å². The van der Waals surface area contributed by atoms with Gasteiger partial charge in [-0.15, -0.1) is 0 Å². The third-order valence-corrected chi connectivity index (χ3v) is 5.90. The highest BCUT2D eigenvalue weighted by Crippen LogP contribution is 2.27. The van der Waals surface area contributed by atoms with Gasteiger partial charge in [0.25, 0.3) is 11.5 Å². The van der Waals surface area contributed by atoms with E-state index in [1.165, 1.54) is 24.8 Å². The smallest absolute Gasteiger partial charge is 0.272 e. The standard InChI is InChI=1S/C15H18N4O4S/c1-17(2)24(22,23)12-5-4-10-8-19(9-11(10)6-12)15(21)13-7-14(20)16-18(13)3/h4-7H,8-9H2,1-3H3,(H,16,20). The maximum Gasteiger partial charge on any atom is 0.272 e. The van der Waals surface area contributed by atoms with Crippen LogP contribution in [0, 0.1) is 0 Å². The number of sulfonamides is 1. The Morgan fingerprint density at radius 1 is 1.17 bits per heavy atom. The second-order valence-corrected chi connectivity index (χ2v) is 8.10. The first kappa shape index (κ1) is 16.5. The van der Waals surface area contributed by atoms with Crippen LogP contribution in [0.5, 0.6) is 0 Å². The Kier molecular flexibility index (Phi) is 3.84. The molecule has 0 aliphatic carbocycles. The molecule has 3 rings (SSSR count). The van der Waals surface area contributed by atoms with Crippen molar-refractivity contribution in [2.45, 2.75) is 18.0 Å². The summed E-state index contributed by atoms with van der Waals surface area (Å²) in [7, 11) is 1.04. The van der Waals surface area contributed by atoms with E-state index < -0.39 is 10.0 Å². The highest BCUT2D eigenvalue weighted by Gasteiger charge is 2.28. The number of H-pyrrole nitrogens is 1. The van der Waals surface area contributed by atoms with E-state index in [2.05, 4.69) is 5.10 Å². The van der Waals surface area contributed by atoms with Crippen LogP contribution in [0.4, 0.5) is 0 Å². The van der Waals surface area contributed by atoms with Crippen LogP contribution >= 0.6 is 0 Å². The van der Waals surface area contributed by atoms with Crippen LogP contribution in [0.1, 0.15) is 21.6 Å². The minimum Gasteiger partial charge on any atom is -0.329 e. The second-order valence-electron chi connectivity index (χ2n) is 5.94. The van der Waals surface area contributed by atoms with E-state index in [-0.39, 0.29) is 22.1 Å². The fraction of sp³-hybridized carbons (Fsp3) is 0.333. The van der Waals surface area contributed by atoms with Crippen LogP contribution in [0.25, 0.3) is 0 Å². The molecule has 0 spiro atoms. The Balaban J connectivity index is 1.89. The minimum absolute atomic E-state index is 0.203. The van der Waals surface area contributed by atoms with E-state index in [9.17, 15) is 18.0 Å². The molecule has 1 aromatic carbocycles. The molecule has 1 N–H and O–H groups in total. The van der Waals surface area contributed by atoms with Gasteiger partial charge in [-0.3, -0.25) is 19.4 Å². The topological polar surface area (TPSA) is 95.5 Å². The zero-order valence-corrected chi connectivity index (χ0v) is 14.4. The largest absolute Gasteiger partial charge is 0.329 e. The zero-order valence-electron chi connectivity index (χ0n) is 13.6. The van der Waals surface area contributed by atoms with E-state index in [1.807, 2.05) is 0 Å². The molecule has 0 saturated carbocycles. The monoisotopic (exact) mass is 350 g/mol. The number of aryl methyl sites for hydroxylation is 1. The van der Waals surface area contributed by atoms with Gasteiger partial charge in [0, 0.05) is 40.3 Å². The van der Waals surface area contributed by atoms with Crippen LogP contribution in [0.2, 0.25) is 0 Å². The molecule has 0 unspecified atom stereocenters. The van der Waals surface area contributed by atoms with Gasteiger partial charge in [-0.1, -0.05) is 6.07 Å². The number of benzene rings is 1. The zero-order chi connectivity index (χ0) is 17.6. The molecule has 8 nitrogen and oxygen atoms in total. The van der Waals surface area contributed by atoms with E-state index in [1.54, 1.807) is 30.1 Å². The van der Waals surface area contributed by atoms with Crippen molar-refractivity contribution >= 4 is 15.9 Å². The summed E-state index contributed by atoms with van der Waals surface area (Å²) in [6.07, 6.45) is 0. The van der Waals surface area contributed by atoms with Gasteiger partial charge in [0.15, 0.2) is 0 Å². The third-order valence-electron chi connectivity index (χ3n) is 4.09. The quantitative estimate of drug-likeness (QED) is 0.850. The molecule has 1 amide bonds. The molecule has 0 saturated heterocycles. The summed E-state index contributed by atoms with van der Waals surface area (Å²) in [5.74, 6) is -0.274. The molecule has 1 aliphatic rings. The van der Waals surface area contributed by atoms with Gasteiger partial charge < -0.3 is 4.90 Å². The number of amides is 1. The lowest BCUT2D eigenvalue weighted by Crippen LogP contribution is -2.27. The molecule has 1 aromatic heterocycles. The highest BCUT2D eigenvalue weighted by molar-refractivity contribution is 7.89. The molecule has 24 heavy (non-hydrogen) atoms. The molecule has 0 atom stereocenters. The number of carbonyl (C=O) groups is 1. The lowest BCUT2D eigenvalue weighted by atomic mass is 10.1. The predicted octanol–water partition coefficient (Wildman–Crippen LogP) is 0.120. The summed E-state index contributed by atoms with van der Waals surface area (Å²) >= 11 is 0. The van der Waals surface area contributed by atoms with Crippen LogP contribution < -0.4 is 5.56 Å². The molecule has 1 aliphatic heterocycles. The van der Waals surface area contributed by atoms with Gasteiger partial charge in [0.05, 0.1) is 4.90 Å². The van der Waals surface area contributed by atoms with E-state index in [4.69, 9.17) is 0 Å². The number of hydrogen-bond acceptors (Lipinski definition) is 4. The first-order valence-corrected chi connectivity index (χ1v) is 8.74. The van der Waals surface area contributed by atoms with Crippen molar-refractivity contribution in [3.8, 4) is 0 Å². The Morgan fingerprint density at radius 3 is 2.42 bits per heavy atom. The molecule has 0 radical (unpaired) electrons. The Bertz CT molecular complexity index is 972. The van der Waals surface area contributed by atoms with Gasteiger partial charge >= 0.3 is 0 Å². The number of hydrogen-bond donors (Lipinski definition) is 1. The van der Waals surface area contributed by atoms with Gasteiger partial charge in [-0.2, -0.15) is 0 Å². The number of fused-ring (bicyclic) bond motifs is 1. The lowest BCUT2D eigenvalue weighted by molar-refractivity contribution is 0.0740. The lowest BCUT2D eigenvalue weighted by Gasteiger charge is -2.15. The number of nitrogens with zero attached hydrogens (tertiary/aromatic N) is 3. The molecule has 0 bridgehead atoms. The molecule has 2 aromatic rings. The summed E-state index contributed by atoms with van der Waals surface area (Å²) in [6, 6.07) is 6.14. The predicted molar refractivity (Wildman–Crippen MR) is 86.9 cm³/mol. The summed E-state index contributed by atoms with van der Waals surface area (Å²) in [5.41, 5.74) is 1.64. The maximum atomic E-state index is 12.6. The Hall–Kier alpha value is -2.39. The summed E-state index contributed by atoms with van der Waals surface area (Å²) < 4.78 is 27.0. The average molecular weight is 350 g/mol. The van der Waals surface area contributed by atoms with Crippen molar-refractivity contribution in [3.05, 3.63) is 51.4 Å². The van der Waals surface area contributed by atoms with Gasteiger partial charge in [0.1, 0.15) is 5.69 Å². The maximum absolute atomic E-state index is 12.6. The molecule has 2 heterocycles. The third kappa shape index (κ3) is 2.65. The molecular weight excluding hydrogens is 332 g/mol. The van der Waals surface area contributed by atoms with Crippen molar-refractivity contribution in [2.75, 3.05) is 14.1 Å². The fourth-order valence-electron chi connectivity index (χ4n) is 2.73. The first-order valence-electron chi connectivity index (χ1n) is 7.30. The van der Waals surface area contributed by atoms with Crippen LogP contribution in [0.3, 0.4) is 0 Å². The Labute approximate surface area is 139 Å². The minimum atomic E-state index is -3.51. The van der Waals surface area contributed by atoms with Crippen molar-refractivity contribution in [3.63, 3.8) is 0 Å². The average Bonchev–Trinajstić information content (AvgIpc) is 3.08. The summed E-state index contributed by atoms with van der Waals surface area (Å²) in [4.78, 5) is 25.7.